The number of imide groups is 2. The van der Waals surface area contributed by atoms with Crippen molar-refractivity contribution in [2.75, 3.05) is 11.5 Å². The number of amides is 4. The molecule has 0 aliphatic carbocycles. The van der Waals surface area contributed by atoms with Gasteiger partial charge in [0.15, 0.2) is 6.61 Å². The molecule has 2 aromatic rings. The predicted octanol–water partition coefficient (Wildman–Crippen LogP) is 3.84. The molecule has 154 valence electrons. The number of halogens is 3. The molecule has 1 saturated heterocycles. The van der Waals surface area contributed by atoms with E-state index in [9.17, 15) is 19.2 Å². The molecule has 8 nitrogen and oxygen atoms in total. The Morgan fingerprint density at radius 2 is 1.90 bits per heavy atom. The quantitative estimate of drug-likeness (QED) is 0.305. The van der Waals surface area contributed by atoms with Crippen LogP contribution in [0.25, 0.3) is 6.08 Å². The number of carbonyl (C=O) groups excluding carboxylic acids is 3. The highest BCUT2D eigenvalue weighted by atomic mass is 127. The van der Waals surface area contributed by atoms with Crippen LogP contribution in [0.3, 0.4) is 0 Å². The summed E-state index contributed by atoms with van der Waals surface area (Å²) >= 11 is 11.1. The fraction of sp³-hybridized carbons (Fsp3) is 0.0526. The first-order valence-electron chi connectivity index (χ1n) is 8.18. The van der Waals surface area contributed by atoms with Crippen molar-refractivity contribution < 1.29 is 29.0 Å². The van der Waals surface area contributed by atoms with Gasteiger partial charge in [0, 0.05) is 5.02 Å². The molecular weight excluding hydrogens is 594 g/mol. The van der Waals surface area contributed by atoms with E-state index in [2.05, 4.69) is 21.2 Å². The Hall–Kier alpha value is -2.44. The van der Waals surface area contributed by atoms with Crippen LogP contribution in [-0.4, -0.2) is 35.5 Å². The van der Waals surface area contributed by atoms with Crippen molar-refractivity contribution in [1.82, 2.24) is 5.32 Å². The number of aliphatic carboxylic acids is 1. The van der Waals surface area contributed by atoms with Gasteiger partial charge in [-0.3, -0.25) is 14.9 Å². The summed E-state index contributed by atoms with van der Waals surface area (Å²) in [6, 6.07) is 8.33. The number of rotatable bonds is 5. The molecule has 2 N–H and O–H groups in total. The average molecular weight is 606 g/mol. The van der Waals surface area contributed by atoms with Crippen molar-refractivity contribution in [3.63, 3.8) is 0 Å². The third-order valence-electron chi connectivity index (χ3n) is 3.86. The molecule has 1 aliphatic rings. The van der Waals surface area contributed by atoms with Crippen LogP contribution in [0.1, 0.15) is 5.56 Å². The number of nitrogens with zero attached hydrogens (tertiary/aromatic N) is 1. The Balaban J connectivity index is 1.96. The number of carboxylic acid groups (broad SMARTS) is 1. The van der Waals surface area contributed by atoms with Crippen molar-refractivity contribution >= 4 is 85.7 Å². The van der Waals surface area contributed by atoms with E-state index in [1.54, 1.807) is 12.1 Å². The summed E-state index contributed by atoms with van der Waals surface area (Å²) in [6.07, 6.45) is 1.33. The zero-order valence-electron chi connectivity index (χ0n) is 14.8. The van der Waals surface area contributed by atoms with Gasteiger partial charge >= 0.3 is 12.0 Å². The minimum Gasteiger partial charge on any atom is -0.480 e. The molecule has 1 fully saturated rings. The van der Waals surface area contributed by atoms with Gasteiger partial charge in [-0.2, -0.15) is 0 Å². The van der Waals surface area contributed by atoms with Gasteiger partial charge < -0.3 is 9.84 Å². The maximum atomic E-state index is 12.9. The van der Waals surface area contributed by atoms with Gasteiger partial charge in [-0.1, -0.05) is 11.6 Å². The normalized spacial score (nSPS) is 15.4. The number of carboxylic acids is 1. The minimum atomic E-state index is -1.12. The van der Waals surface area contributed by atoms with E-state index in [1.165, 1.54) is 30.3 Å². The van der Waals surface area contributed by atoms with Crippen LogP contribution < -0.4 is 15.0 Å². The lowest BCUT2D eigenvalue weighted by molar-refractivity contribution is -0.139. The predicted molar refractivity (Wildman–Crippen MR) is 120 cm³/mol. The standard InChI is InChI=1S/C19H11BrClIN2O6/c20-13-6-9(7-14(22)16(13)30-8-15(25)26)5-12-17(27)23-19(29)24(18(12)28)11-3-1-10(21)2-4-11/h1-7H,8H2,(H,25,26)(H,23,27,29)/b12-5+. The van der Waals surface area contributed by atoms with E-state index < -0.39 is 30.4 Å². The number of carbonyl (C=O) groups is 4. The lowest BCUT2D eigenvalue weighted by Gasteiger charge is -2.26. The molecule has 0 atom stereocenters. The first-order chi connectivity index (χ1) is 14.2. The van der Waals surface area contributed by atoms with Crippen molar-refractivity contribution in [3.8, 4) is 5.75 Å². The number of anilines is 1. The molecule has 30 heavy (non-hydrogen) atoms. The van der Waals surface area contributed by atoms with Crippen LogP contribution in [0.4, 0.5) is 10.5 Å². The summed E-state index contributed by atoms with van der Waals surface area (Å²) in [5.41, 5.74) is 0.484. The van der Waals surface area contributed by atoms with Crippen LogP contribution in [0, 0.1) is 3.57 Å². The molecule has 0 saturated carbocycles. The van der Waals surface area contributed by atoms with E-state index in [4.69, 9.17) is 21.4 Å². The molecule has 0 aromatic heterocycles. The summed E-state index contributed by atoms with van der Waals surface area (Å²) in [7, 11) is 0. The Morgan fingerprint density at radius 3 is 2.50 bits per heavy atom. The summed E-state index contributed by atoms with van der Waals surface area (Å²) in [4.78, 5) is 49.0. The van der Waals surface area contributed by atoms with E-state index in [0.717, 1.165) is 4.90 Å². The highest BCUT2D eigenvalue weighted by molar-refractivity contribution is 14.1. The number of benzene rings is 2. The molecule has 3 rings (SSSR count). The van der Waals surface area contributed by atoms with Gasteiger partial charge in [-0.25, -0.2) is 14.5 Å². The van der Waals surface area contributed by atoms with Crippen LogP contribution in [-0.2, 0) is 14.4 Å². The summed E-state index contributed by atoms with van der Waals surface area (Å²) in [5, 5.41) is 11.3. The molecule has 0 bridgehead atoms. The molecule has 0 spiro atoms. The van der Waals surface area contributed by atoms with Crippen molar-refractivity contribution in [2.45, 2.75) is 0 Å². The number of urea groups is 1. The zero-order chi connectivity index (χ0) is 22.0. The largest absolute Gasteiger partial charge is 0.480 e. The molecule has 11 heteroatoms. The Morgan fingerprint density at radius 1 is 1.23 bits per heavy atom. The number of hydrogen-bond donors (Lipinski definition) is 2. The van der Waals surface area contributed by atoms with Crippen LogP contribution in [0.5, 0.6) is 5.75 Å². The van der Waals surface area contributed by atoms with Gasteiger partial charge in [0.05, 0.1) is 13.7 Å². The number of nitrogens with one attached hydrogen (secondary N) is 1. The first kappa shape index (κ1) is 22.2. The number of ether oxygens (including phenoxy) is 1. The van der Waals surface area contributed by atoms with Gasteiger partial charge in [0.25, 0.3) is 11.8 Å². The fourth-order valence-corrected chi connectivity index (χ4v) is 4.48. The summed E-state index contributed by atoms with van der Waals surface area (Å²) < 4.78 is 6.23. The van der Waals surface area contributed by atoms with Crippen molar-refractivity contribution in [2.24, 2.45) is 0 Å². The van der Waals surface area contributed by atoms with Crippen molar-refractivity contribution in [1.29, 1.82) is 0 Å². The van der Waals surface area contributed by atoms with E-state index >= 15 is 0 Å². The van der Waals surface area contributed by atoms with Gasteiger partial charge in [0.1, 0.15) is 11.3 Å². The van der Waals surface area contributed by atoms with E-state index in [-0.39, 0.29) is 11.3 Å². The average Bonchev–Trinajstić information content (AvgIpc) is 2.65. The van der Waals surface area contributed by atoms with Gasteiger partial charge in [-0.05, 0) is 86.6 Å². The third kappa shape index (κ3) is 4.82. The Bertz CT molecular complexity index is 1080. The number of hydrogen-bond acceptors (Lipinski definition) is 5. The lowest BCUT2D eigenvalue weighted by Crippen LogP contribution is -2.54. The molecule has 0 unspecified atom stereocenters. The zero-order valence-corrected chi connectivity index (χ0v) is 19.3. The highest BCUT2D eigenvalue weighted by Crippen LogP contribution is 2.33. The molecule has 4 amide bonds. The second-order valence-corrected chi connectivity index (χ2v) is 8.38. The van der Waals surface area contributed by atoms with E-state index in [0.29, 0.717) is 24.4 Å². The Kier molecular flexibility index (Phi) is 6.78. The monoisotopic (exact) mass is 604 g/mol. The molecule has 0 radical (unpaired) electrons. The Labute approximate surface area is 197 Å². The number of barbiturate groups is 1. The van der Waals surface area contributed by atoms with Crippen LogP contribution in [0.2, 0.25) is 5.02 Å². The molecule has 1 aliphatic heterocycles. The maximum absolute atomic E-state index is 12.9. The summed E-state index contributed by atoms with van der Waals surface area (Å²) in [6.45, 7) is -0.520. The van der Waals surface area contributed by atoms with E-state index in [1.807, 2.05) is 22.6 Å². The van der Waals surface area contributed by atoms with Gasteiger partial charge in [-0.15, -0.1) is 0 Å². The smallest absolute Gasteiger partial charge is 0.341 e. The summed E-state index contributed by atoms with van der Waals surface area (Å²) in [5.74, 6) is -2.42. The highest BCUT2D eigenvalue weighted by Gasteiger charge is 2.36. The second kappa shape index (κ2) is 9.14. The lowest BCUT2D eigenvalue weighted by atomic mass is 10.1. The third-order valence-corrected chi connectivity index (χ3v) is 5.50. The maximum Gasteiger partial charge on any atom is 0.341 e. The van der Waals surface area contributed by atoms with Gasteiger partial charge in [0.2, 0.25) is 0 Å². The molecule has 1 heterocycles. The first-order valence-corrected chi connectivity index (χ1v) is 10.4. The molecular formula is C19H11BrClIN2O6. The van der Waals surface area contributed by atoms with Crippen LogP contribution >= 0.6 is 50.1 Å². The topological polar surface area (TPSA) is 113 Å². The SMILES string of the molecule is O=C(O)COc1c(Br)cc(/C=C2\C(=O)NC(=O)N(c3ccc(Cl)cc3)C2=O)cc1I. The minimum absolute atomic E-state index is 0.244. The molecule has 2 aromatic carbocycles. The fourth-order valence-electron chi connectivity index (χ4n) is 2.58. The van der Waals surface area contributed by atoms with Crippen LogP contribution in [0.15, 0.2) is 46.4 Å². The second-order valence-electron chi connectivity index (χ2n) is 5.93. The van der Waals surface area contributed by atoms with Crippen molar-refractivity contribution in [3.05, 3.63) is 60.6 Å².